The highest BCUT2D eigenvalue weighted by Crippen LogP contribution is 2.47. The van der Waals surface area contributed by atoms with Gasteiger partial charge >= 0.3 is 0 Å². The van der Waals surface area contributed by atoms with E-state index in [1.165, 1.54) is 16.7 Å². The minimum Gasteiger partial charge on any atom is -0.490 e. The standard InChI is InChI=1S/C37H39FO4/c38-30-11-6-27(7-12-30)35-20-10-29-24-34(41-25-26-4-2-1-3-5-26)19-21-36(29)37(35)28-8-13-32(14-9-28)42-33-17-15-31(16-18-33)40-23-22-39/h1-9,11-14,19,21,24,31,33,35,37,39H,10,15-18,20,22-23,25H2/t31?,33?,35-,37+/m1/s1. The van der Waals surface area contributed by atoms with E-state index in [0.717, 1.165) is 61.2 Å². The Kier molecular flexibility index (Phi) is 9.17. The third kappa shape index (κ3) is 6.86. The summed E-state index contributed by atoms with van der Waals surface area (Å²) in [5, 5.41) is 9.01. The van der Waals surface area contributed by atoms with Crippen LogP contribution in [0.25, 0.3) is 0 Å². The third-order valence-corrected chi connectivity index (χ3v) is 8.73. The van der Waals surface area contributed by atoms with Gasteiger partial charge in [0, 0.05) is 5.92 Å². The molecule has 4 nitrogen and oxygen atoms in total. The number of benzene rings is 4. The van der Waals surface area contributed by atoms with E-state index >= 15 is 0 Å². The van der Waals surface area contributed by atoms with Gasteiger partial charge in [-0.15, -0.1) is 0 Å². The van der Waals surface area contributed by atoms with E-state index in [1.807, 2.05) is 30.3 Å². The lowest BCUT2D eigenvalue weighted by atomic mass is 9.69. The fraction of sp³-hybridized carbons (Fsp3) is 0.351. The highest BCUT2D eigenvalue weighted by atomic mass is 19.1. The van der Waals surface area contributed by atoms with Gasteiger partial charge < -0.3 is 19.3 Å². The van der Waals surface area contributed by atoms with Crippen molar-refractivity contribution in [3.8, 4) is 11.5 Å². The van der Waals surface area contributed by atoms with Crippen LogP contribution in [-0.2, 0) is 17.8 Å². The zero-order valence-corrected chi connectivity index (χ0v) is 24.0. The number of aliphatic hydroxyl groups is 1. The van der Waals surface area contributed by atoms with Gasteiger partial charge in [-0.1, -0.05) is 60.7 Å². The molecule has 4 aromatic carbocycles. The fourth-order valence-electron chi connectivity index (χ4n) is 6.59. The van der Waals surface area contributed by atoms with Gasteiger partial charge in [0.05, 0.1) is 25.4 Å². The molecule has 5 heteroatoms. The average molecular weight is 567 g/mol. The van der Waals surface area contributed by atoms with Gasteiger partial charge in [0.2, 0.25) is 0 Å². The zero-order valence-electron chi connectivity index (χ0n) is 24.0. The van der Waals surface area contributed by atoms with Crippen molar-refractivity contribution in [3.05, 3.63) is 131 Å². The number of rotatable bonds is 10. The summed E-state index contributed by atoms with van der Waals surface area (Å²) in [7, 11) is 0. The molecular weight excluding hydrogens is 527 g/mol. The van der Waals surface area contributed by atoms with Crippen LogP contribution in [-0.4, -0.2) is 30.5 Å². The summed E-state index contributed by atoms with van der Waals surface area (Å²) in [5.74, 6) is 1.96. The summed E-state index contributed by atoms with van der Waals surface area (Å²) in [6, 6.07) is 32.3. The average Bonchev–Trinajstić information content (AvgIpc) is 3.04. The van der Waals surface area contributed by atoms with Gasteiger partial charge in [-0.05, 0) is 109 Å². The predicted molar refractivity (Wildman–Crippen MR) is 163 cm³/mol. The van der Waals surface area contributed by atoms with Gasteiger partial charge in [-0.2, -0.15) is 0 Å². The van der Waals surface area contributed by atoms with Crippen molar-refractivity contribution in [3.63, 3.8) is 0 Å². The first-order valence-corrected chi connectivity index (χ1v) is 15.2. The normalized spacial score (nSPS) is 21.9. The Morgan fingerprint density at radius 1 is 0.714 bits per heavy atom. The van der Waals surface area contributed by atoms with E-state index in [0.29, 0.717) is 13.2 Å². The Bertz CT molecular complexity index is 1410. The van der Waals surface area contributed by atoms with Crippen molar-refractivity contribution in [2.24, 2.45) is 0 Å². The van der Waals surface area contributed by atoms with Crippen molar-refractivity contribution < 1.29 is 23.7 Å². The quantitative estimate of drug-likeness (QED) is 0.212. The molecule has 0 spiro atoms. The summed E-state index contributed by atoms with van der Waals surface area (Å²) in [5.41, 5.74) is 6.16. The SMILES string of the molecule is OCCOC1CCC(Oc2ccc([C@@H]3c4ccc(OCc5ccccc5)cc4CC[C@@H]3c3ccc(F)cc3)cc2)CC1. The molecule has 0 amide bonds. The second kappa shape index (κ2) is 13.5. The summed E-state index contributed by atoms with van der Waals surface area (Å²) in [6.07, 6.45) is 6.15. The maximum absolute atomic E-state index is 13.8. The molecule has 2 aliphatic rings. The van der Waals surface area contributed by atoms with Crippen LogP contribution < -0.4 is 9.47 Å². The third-order valence-electron chi connectivity index (χ3n) is 8.73. The highest BCUT2D eigenvalue weighted by Gasteiger charge is 2.32. The molecule has 0 saturated heterocycles. The number of hydrogen-bond donors (Lipinski definition) is 1. The summed E-state index contributed by atoms with van der Waals surface area (Å²) in [6.45, 7) is 1.02. The van der Waals surface area contributed by atoms with Crippen LogP contribution >= 0.6 is 0 Å². The molecular formula is C37H39FO4. The van der Waals surface area contributed by atoms with E-state index < -0.39 is 0 Å². The highest BCUT2D eigenvalue weighted by molar-refractivity contribution is 5.48. The predicted octanol–water partition coefficient (Wildman–Crippen LogP) is 7.97. The van der Waals surface area contributed by atoms with Crippen molar-refractivity contribution in [1.29, 1.82) is 0 Å². The summed E-state index contributed by atoms with van der Waals surface area (Å²) in [4.78, 5) is 0. The minimum atomic E-state index is -0.206. The lowest BCUT2D eigenvalue weighted by Crippen LogP contribution is -2.29. The van der Waals surface area contributed by atoms with Gasteiger partial charge in [0.25, 0.3) is 0 Å². The molecule has 42 heavy (non-hydrogen) atoms. The Labute approximate surface area is 248 Å². The van der Waals surface area contributed by atoms with Gasteiger partial charge in [0.15, 0.2) is 0 Å². The number of ether oxygens (including phenoxy) is 3. The molecule has 0 unspecified atom stereocenters. The lowest BCUT2D eigenvalue weighted by Gasteiger charge is -2.35. The van der Waals surface area contributed by atoms with Gasteiger partial charge in [-0.3, -0.25) is 0 Å². The number of aliphatic hydroxyl groups excluding tert-OH is 1. The number of aryl methyl sites for hydroxylation is 1. The van der Waals surface area contributed by atoms with Crippen molar-refractivity contribution >= 4 is 0 Å². The van der Waals surface area contributed by atoms with E-state index in [-0.39, 0.29) is 36.5 Å². The first-order valence-electron chi connectivity index (χ1n) is 15.2. The van der Waals surface area contributed by atoms with E-state index in [2.05, 4.69) is 54.6 Å². The number of fused-ring (bicyclic) bond motifs is 1. The van der Waals surface area contributed by atoms with E-state index in [9.17, 15) is 4.39 Å². The molecule has 218 valence electrons. The number of halogens is 1. The topological polar surface area (TPSA) is 47.9 Å². The molecule has 0 bridgehead atoms. The summed E-state index contributed by atoms with van der Waals surface area (Å²) >= 11 is 0. The molecule has 4 aromatic rings. The first kappa shape index (κ1) is 28.4. The van der Waals surface area contributed by atoms with Crippen molar-refractivity contribution in [2.75, 3.05) is 13.2 Å². The zero-order chi connectivity index (χ0) is 28.7. The van der Waals surface area contributed by atoms with E-state index in [1.54, 1.807) is 12.1 Å². The molecule has 1 fully saturated rings. The molecule has 0 aromatic heterocycles. The van der Waals surface area contributed by atoms with Crippen LogP contribution in [0, 0.1) is 5.82 Å². The van der Waals surface area contributed by atoms with Gasteiger partial charge in [-0.25, -0.2) is 4.39 Å². The molecule has 2 aliphatic carbocycles. The largest absolute Gasteiger partial charge is 0.490 e. The minimum absolute atomic E-state index is 0.0689. The number of hydrogen-bond acceptors (Lipinski definition) is 4. The molecule has 0 heterocycles. The maximum Gasteiger partial charge on any atom is 0.123 e. The molecule has 0 aliphatic heterocycles. The molecule has 6 rings (SSSR count). The van der Waals surface area contributed by atoms with E-state index in [4.69, 9.17) is 19.3 Å². The van der Waals surface area contributed by atoms with Crippen molar-refractivity contribution in [1.82, 2.24) is 0 Å². The van der Waals surface area contributed by atoms with Crippen LogP contribution in [0.1, 0.15) is 71.8 Å². The van der Waals surface area contributed by atoms with Crippen LogP contribution in [0.3, 0.4) is 0 Å². The molecule has 0 radical (unpaired) electrons. The van der Waals surface area contributed by atoms with Crippen LogP contribution in [0.4, 0.5) is 4.39 Å². The fourth-order valence-corrected chi connectivity index (χ4v) is 6.59. The Hall–Kier alpha value is -3.67. The van der Waals surface area contributed by atoms with Crippen molar-refractivity contribution in [2.45, 2.75) is 69.2 Å². The lowest BCUT2D eigenvalue weighted by molar-refractivity contribution is -0.0112. The smallest absolute Gasteiger partial charge is 0.123 e. The van der Waals surface area contributed by atoms with Crippen LogP contribution in [0.5, 0.6) is 11.5 Å². The first-order chi connectivity index (χ1) is 20.7. The molecule has 2 atom stereocenters. The maximum atomic E-state index is 13.8. The Morgan fingerprint density at radius 2 is 1.40 bits per heavy atom. The summed E-state index contributed by atoms with van der Waals surface area (Å²) < 4.78 is 32.0. The molecule has 1 saturated carbocycles. The monoisotopic (exact) mass is 566 g/mol. The Balaban J connectivity index is 1.20. The second-order valence-electron chi connectivity index (χ2n) is 11.5. The molecule has 1 N–H and O–H groups in total. The van der Waals surface area contributed by atoms with Crippen LogP contribution in [0.2, 0.25) is 0 Å². The van der Waals surface area contributed by atoms with Crippen LogP contribution in [0.15, 0.2) is 97.1 Å². The Morgan fingerprint density at radius 3 is 2.14 bits per heavy atom. The van der Waals surface area contributed by atoms with Gasteiger partial charge in [0.1, 0.15) is 23.9 Å². The second-order valence-corrected chi connectivity index (χ2v) is 11.5.